The molecule has 0 atom stereocenters. The minimum atomic E-state index is 0.800. The van der Waals surface area contributed by atoms with Crippen LogP contribution in [0, 0.1) is 13.8 Å². The number of fused-ring (bicyclic) bond motifs is 1. The molecule has 0 saturated heterocycles. The lowest BCUT2D eigenvalue weighted by molar-refractivity contribution is 0.645. The first kappa shape index (κ1) is 12.1. The molecule has 0 spiro atoms. The number of hydrogen-bond acceptors (Lipinski definition) is 4. The van der Waals surface area contributed by atoms with Crippen molar-refractivity contribution in [1.82, 2.24) is 15.3 Å². The summed E-state index contributed by atoms with van der Waals surface area (Å²) in [5.41, 5.74) is 4.92. The van der Waals surface area contributed by atoms with E-state index in [2.05, 4.69) is 38.8 Å². The minimum absolute atomic E-state index is 0.800. The van der Waals surface area contributed by atoms with E-state index in [-0.39, 0.29) is 0 Å². The quantitative estimate of drug-likeness (QED) is 0.864. The van der Waals surface area contributed by atoms with Crippen LogP contribution in [0.3, 0.4) is 0 Å². The van der Waals surface area contributed by atoms with E-state index in [9.17, 15) is 0 Å². The summed E-state index contributed by atoms with van der Waals surface area (Å²) in [6.07, 6.45) is 1.06. The number of aromatic nitrogens is 2. The molecule has 0 saturated carbocycles. The summed E-state index contributed by atoms with van der Waals surface area (Å²) in [5, 5.41) is 6.83. The average molecular weight is 254 g/mol. The maximum atomic E-state index is 4.44. The highest BCUT2D eigenvalue weighted by Gasteiger charge is 2.12. The highest BCUT2D eigenvalue weighted by atomic mass is 15.0. The second kappa shape index (κ2) is 4.97. The van der Waals surface area contributed by atoms with Crippen molar-refractivity contribution in [3.05, 3.63) is 46.9 Å². The van der Waals surface area contributed by atoms with E-state index < -0.39 is 0 Å². The zero-order valence-corrected chi connectivity index (χ0v) is 11.3. The molecule has 4 nitrogen and oxygen atoms in total. The van der Waals surface area contributed by atoms with Crippen molar-refractivity contribution in [1.29, 1.82) is 0 Å². The molecule has 2 N–H and O–H groups in total. The van der Waals surface area contributed by atoms with Crippen LogP contribution in [0.2, 0.25) is 0 Å². The lowest BCUT2D eigenvalue weighted by atomic mass is 9.99. The Morgan fingerprint density at radius 1 is 1.21 bits per heavy atom. The summed E-state index contributed by atoms with van der Waals surface area (Å²) in [6, 6.07) is 8.38. The fourth-order valence-corrected chi connectivity index (χ4v) is 2.57. The first-order valence-corrected chi connectivity index (χ1v) is 6.63. The molecular weight excluding hydrogens is 236 g/mol. The molecule has 1 aromatic heterocycles. The van der Waals surface area contributed by atoms with Gasteiger partial charge in [-0.15, -0.1) is 0 Å². The number of hydrogen-bond donors (Lipinski definition) is 2. The zero-order chi connectivity index (χ0) is 13.2. The molecule has 1 aliphatic rings. The molecule has 0 fully saturated rings. The molecule has 98 valence electrons. The van der Waals surface area contributed by atoms with Crippen molar-refractivity contribution in [2.45, 2.75) is 26.8 Å². The van der Waals surface area contributed by atoms with Crippen molar-refractivity contribution in [2.24, 2.45) is 0 Å². The van der Waals surface area contributed by atoms with Gasteiger partial charge in [-0.2, -0.15) is 0 Å². The Hall–Kier alpha value is -1.94. The third-order valence-corrected chi connectivity index (χ3v) is 3.37. The van der Waals surface area contributed by atoms with Gasteiger partial charge in [0.1, 0.15) is 11.6 Å². The van der Waals surface area contributed by atoms with Crippen LogP contribution in [0.5, 0.6) is 0 Å². The normalized spacial score (nSPS) is 14.0. The molecule has 0 unspecified atom stereocenters. The van der Waals surface area contributed by atoms with E-state index in [0.717, 1.165) is 42.5 Å². The highest BCUT2D eigenvalue weighted by molar-refractivity contribution is 5.63. The van der Waals surface area contributed by atoms with Gasteiger partial charge in [-0.25, -0.2) is 9.97 Å². The van der Waals surface area contributed by atoms with Gasteiger partial charge in [0.05, 0.1) is 0 Å². The Labute approximate surface area is 113 Å². The van der Waals surface area contributed by atoms with Gasteiger partial charge in [0, 0.05) is 24.0 Å². The van der Waals surface area contributed by atoms with Crippen molar-refractivity contribution < 1.29 is 0 Å². The molecule has 2 aromatic rings. The van der Waals surface area contributed by atoms with Crippen LogP contribution in [-0.4, -0.2) is 16.5 Å². The maximum absolute atomic E-state index is 4.44. The van der Waals surface area contributed by atoms with Gasteiger partial charge >= 0.3 is 0 Å². The molecule has 0 aliphatic carbocycles. The molecule has 1 aromatic carbocycles. The molecule has 0 radical (unpaired) electrons. The molecule has 1 aliphatic heterocycles. The highest BCUT2D eigenvalue weighted by Crippen LogP contribution is 2.25. The number of benzene rings is 1. The van der Waals surface area contributed by atoms with Gasteiger partial charge in [0.25, 0.3) is 0 Å². The third-order valence-electron chi connectivity index (χ3n) is 3.37. The van der Waals surface area contributed by atoms with E-state index in [0.29, 0.717) is 0 Å². The summed E-state index contributed by atoms with van der Waals surface area (Å²) in [5.74, 6) is 1.67. The standard InChI is InChI=1S/C15H18N4/c1-10-8-15(18-11(2)17-10)19-14-5-3-4-12-9-16-7-6-13(12)14/h3-5,8,16H,6-7,9H2,1-2H3,(H,17,18,19). The third kappa shape index (κ3) is 2.58. The fourth-order valence-electron chi connectivity index (χ4n) is 2.57. The Morgan fingerprint density at radius 3 is 2.95 bits per heavy atom. The van der Waals surface area contributed by atoms with E-state index in [4.69, 9.17) is 0 Å². The van der Waals surface area contributed by atoms with Crippen LogP contribution in [0.15, 0.2) is 24.3 Å². The Bertz CT molecular complexity index is 587. The Kier molecular flexibility index (Phi) is 3.17. The fraction of sp³-hybridized carbons (Fsp3) is 0.333. The van der Waals surface area contributed by atoms with E-state index in [1.807, 2.05) is 19.9 Å². The predicted molar refractivity (Wildman–Crippen MR) is 76.6 cm³/mol. The molecule has 0 bridgehead atoms. The molecule has 19 heavy (non-hydrogen) atoms. The van der Waals surface area contributed by atoms with Gasteiger partial charge in [0.2, 0.25) is 0 Å². The summed E-state index contributed by atoms with van der Waals surface area (Å²) in [4.78, 5) is 8.74. The van der Waals surface area contributed by atoms with Crippen LogP contribution in [0.1, 0.15) is 22.6 Å². The second-order valence-electron chi connectivity index (χ2n) is 4.94. The number of nitrogens with one attached hydrogen (secondary N) is 2. The van der Waals surface area contributed by atoms with Crippen molar-refractivity contribution in [3.8, 4) is 0 Å². The molecule has 3 rings (SSSR count). The van der Waals surface area contributed by atoms with Crippen LogP contribution < -0.4 is 10.6 Å². The molecular formula is C15H18N4. The number of anilines is 2. The molecule has 0 amide bonds. The second-order valence-corrected chi connectivity index (χ2v) is 4.94. The van der Waals surface area contributed by atoms with Crippen LogP contribution in [0.4, 0.5) is 11.5 Å². The summed E-state index contributed by atoms with van der Waals surface area (Å²) < 4.78 is 0. The molecule has 4 heteroatoms. The Morgan fingerprint density at radius 2 is 2.11 bits per heavy atom. The van der Waals surface area contributed by atoms with Gasteiger partial charge in [-0.05, 0) is 44.0 Å². The van der Waals surface area contributed by atoms with Crippen LogP contribution >= 0.6 is 0 Å². The monoisotopic (exact) mass is 254 g/mol. The summed E-state index contributed by atoms with van der Waals surface area (Å²) in [7, 11) is 0. The van der Waals surface area contributed by atoms with Gasteiger partial charge in [0.15, 0.2) is 0 Å². The van der Waals surface area contributed by atoms with Crippen molar-refractivity contribution in [3.63, 3.8) is 0 Å². The number of aryl methyl sites for hydroxylation is 2. The largest absolute Gasteiger partial charge is 0.340 e. The number of nitrogens with zero attached hydrogens (tertiary/aromatic N) is 2. The average Bonchev–Trinajstić information content (AvgIpc) is 2.38. The van der Waals surface area contributed by atoms with Crippen molar-refractivity contribution >= 4 is 11.5 Å². The minimum Gasteiger partial charge on any atom is -0.340 e. The van der Waals surface area contributed by atoms with E-state index >= 15 is 0 Å². The SMILES string of the molecule is Cc1cc(Nc2cccc3c2CCNC3)nc(C)n1. The summed E-state index contributed by atoms with van der Waals surface area (Å²) in [6.45, 7) is 5.90. The smallest absolute Gasteiger partial charge is 0.134 e. The lowest BCUT2D eigenvalue weighted by Gasteiger charge is -2.21. The topological polar surface area (TPSA) is 49.8 Å². The van der Waals surface area contributed by atoms with Crippen LogP contribution in [-0.2, 0) is 13.0 Å². The molecule has 2 heterocycles. The van der Waals surface area contributed by atoms with Crippen LogP contribution in [0.25, 0.3) is 0 Å². The summed E-state index contributed by atoms with van der Waals surface area (Å²) >= 11 is 0. The number of rotatable bonds is 2. The Balaban J connectivity index is 1.95. The first-order valence-electron chi connectivity index (χ1n) is 6.63. The predicted octanol–water partition coefficient (Wildman–Crippen LogP) is 2.48. The zero-order valence-electron chi connectivity index (χ0n) is 11.3. The van der Waals surface area contributed by atoms with Gasteiger partial charge in [-0.1, -0.05) is 12.1 Å². The first-order chi connectivity index (χ1) is 9.22. The van der Waals surface area contributed by atoms with Crippen molar-refractivity contribution in [2.75, 3.05) is 11.9 Å². The van der Waals surface area contributed by atoms with Gasteiger partial charge < -0.3 is 10.6 Å². The van der Waals surface area contributed by atoms with Gasteiger partial charge in [-0.3, -0.25) is 0 Å². The van der Waals surface area contributed by atoms with E-state index in [1.54, 1.807) is 0 Å². The lowest BCUT2D eigenvalue weighted by Crippen LogP contribution is -2.24. The maximum Gasteiger partial charge on any atom is 0.134 e. The van der Waals surface area contributed by atoms with E-state index in [1.165, 1.54) is 11.1 Å².